The molecule has 2 amide bonds. The number of urea groups is 1. The van der Waals surface area contributed by atoms with Crippen LogP contribution in [0.3, 0.4) is 0 Å². The van der Waals surface area contributed by atoms with E-state index in [1.54, 1.807) is 0 Å². The predicted molar refractivity (Wildman–Crippen MR) is 58.8 cm³/mol. The predicted octanol–water partition coefficient (Wildman–Crippen LogP) is -1.24. The molecule has 94 valence electrons. The molecule has 0 rings (SSSR count). The lowest BCUT2D eigenvalue weighted by Crippen LogP contribution is -2.48. The van der Waals surface area contributed by atoms with Gasteiger partial charge in [0.05, 0.1) is 6.61 Å². The van der Waals surface area contributed by atoms with Crippen molar-refractivity contribution in [3.63, 3.8) is 0 Å². The summed E-state index contributed by atoms with van der Waals surface area (Å²) >= 11 is 0. The van der Waals surface area contributed by atoms with Crippen LogP contribution in [0.1, 0.15) is 0 Å². The van der Waals surface area contributed by atoms with Crippen LogP contribution in [0.15, 0.2) is 0 Å². The Morgan fingerprint density at radius 1 is 1.50 bits per heavy atom. The van der Waals surface area contributed by atoms with Crippen molar-refractivity contribution < 1.29 is 23.6 Å². The van der Waals surface area contributed by atoms with E-state index in [2.05, 4.69) is 15.4 Å². The molecule has 16 heavy (non-hydrogen) atoms. The molecular formula is C8H16N2O5S. The molecule has 0 heterocycles. The first-order valence-electron chi connectivity index (χ1n) is 4.53. The van der Waals surface area contributed by atoms with E-state index in [-0.39, 0.29) is 13.2 Å². The highest BCUT2D eigenvalue weighted by molar-refractivity contribution is 7.84. The molecular weight excluding hydrogens is 236 g/mol. The molecule has 7 nitrogen and oxygen atoms in total. The van der Waals surface area contributed by atoms with E-state index < -0.39 is 28.8 Å². The molecule has 2 atom stereocenters. The average molecular weight is 252 g/mol. The molecule has 8 heteroatoms. The molecule has 0 aliphatic heterocycles. The van der Waals surface area contributed by atoms with Gasteiger partial charge >= 0.3 is 12.0 Å². The highest BCUT2D eigenvalue weighted by atomic mass is 32.2. The fraction of sp³-hybridized carbons (Fsp3) is 0.750. The summed E-state index contributed by atoms with van der Waals surface area (Å²) in [6.45, 7) is 0.122. The molecule has 0 aromatic carbocycles. The van der Waals surface area contributed by atoms with Gasteiger partial charge in [0.2, 0.25) is 0 Å². The van der Waals surface area contributed by atoms with E-state index in [0.717, 1.165) is 0 Å². The third kappa shape index (κ3) is 7.18. The topological polar surface area (TPSA) is 105 Å². The monoisotopic (exact) mass is 252 g/mol. The van der Waals surface area contributed by atoms with Gasteiger partial charge in [-0.05, 0) is 0 Å². The summed E-state index contributed by atoms with van der Waals surface area (Å²) in [7, 11) is 0.353. The first-order valence-corrected chi connectivity index (χ1v) is 6.26. The number of carboxylic acid groups (broad SMARTS) is 1. The highest BCUT2D eigenvalue weighted by Gasteiger charge is 2.19. The molecule has 0 bridgehead atoms. The molecule has 0 radical (unpaired) electrons. The number of carbonyl (C=O) groups is 2. The molecule has 2 unspecified atom stereocenters. The number of aliphatic carboxylic acids is 1. The summed E-state index contributed by atoms with van der Waals surface area (Å²) in [5.41, 5.74) is 0. The smallest absolute Gasteiger partial charge is 0.328 e. The minimum absolute atomic E-state index is 0.109. The molecule has 0 aliphatic rings. The lowest BCUT2D eigenvalue weighted by atomic mass is 10.3. The minimum atomic E-state index is -1.17. The Kier molecular flexibility index (Phi) is 7.48. The van der Waals surface area contributed by atoms with Crippen LogP contribution in [-0.4, -0.2) is 59.6 Å². The number of hydrogen-bond acceptors (Lipinski definition) is 4. The highest BCUT2D eigenvalue weighted by Crippen LogP contribution is 1.85. The van der Waals surface area contributed by atoms with Gasteiger partial charge in [-0.1, -0.05) is 0 Å². The van der Waals surface area contributed by atoms with Gasteiger partial charge in [0.25, 0.3) is 0 Å². The quantitative estimate of drug-likeness (QED) is 0.526. The number of ether oxygens (including phenoxy) is 1. The Morgan fingerprint density at radius 3 is 2.56 bits per heavy atom. The van der Waals surface area contributed by atoms with Crippen molar-refractivity contribution in [2.75, 3.05) is 32.3 Å². The third-order valence-corrected chi connectivity index (χ3v) is 2.39. The van der Waals surface area contributed by atoms with Gasteiger partial charge in [0.1, 0.15) is 0 Å². The van der Waals surface area contributed by atoms with E-state index in [1.165, 1.54) is 13.4 Å². The van der Waals surface area contributed by atoms with Gasteiger partial charge < -0.3 is 20.5 Å². The molecule has 3 N–H and O–H groups in total. The largest absolute Gasteiger partial charge is 0.480 e. The van der Waals surface area contributed by atoms with Crippen LogP contribution in [-0.2, 0) is 20.3 Å². The van der Waals surface area contributed by atoms with Crippen LogP contribution in [0, 0.1) is 0 Å². The Hall–Kier alpha value is -1.15. The van der Waals surface area contributed by atoms with Gasteiger partial charge in [0.15, 0.2) is 6.04 Å². The van der Waals surface area contributed by atoms with Crippen LogP contribution in [0.2, 0.25) is 0 Å². The number of rotatable bonds is 7. The molecule has 0 saturated heterocycles. The second-order valence-corrected chi connectivity index (χ2v) is 4.58. The Labute approximate surface area is 96.0 Å². The number of amides is 2. The van der Waals surface area contributed by atoms with Gasteiger partial charge in [-0.2, -0.15) is 0 Å². The maximum atomic E-state index is 11.2. The zero-order valence-corrected chi connectivity index (χ0v) is 10.0. The Bertz CT molecular complexity index is 271. The third-order valence-electron chi connectivity index (χ3n) is 1.61. The van der Waals surface area contributed by atoms with E-state index in [1.807, 2.05) is 0 Å². The van der Waals surface area contributed by atoms with Crippen molar-refractivity contribution in [3.05, 3.63) is 0 Å². The van der Waals surface area contributed by atoms with Gasteiger partial charge in [-0.15, -0.1) is 0 Å². The maximum Gasteiger partial charge on any atom is 0.328 e. The fourth-order valence-corrected chi connectivity index (χ4v) is 1.25. The number of hydrogen-bond donors (Lipinski definition) is 3. The van der Waals surface area contributed by atoms with E-state index >= 15 is 0 Å². The first-order chi connectivity index (χ1) is 7.47. The molecule has 0 aromatic heterocycles. The standard InChI is InChI=1S/C8H16N2O5S/c1-15-5-6(7(11)12)10-8(13)9-3-4-16(2)14/h6H,3-5H2,1-2H3,(H,11,12)(H2,9,10,13). The average Bonchev–Trinajstić information content (AvgIpc) is 2.16. The van der Waals surface area contributed by atoms with E-state index in [0.29, 0.717) is 5.75 Å². The lowest BCUT2D eigenvalue weighted by molar-refractivity contribution is -0.140. The van der Waals surface area contributed by atoms with Crippen LogP contribution in [0.4, 0.5) is 4.79 Å². The fourth-order valence-electron chi connectivity index (χ4n) is 0.859. The lowest BCUT2D eigenvalue weighted by Gasteiger charge is -2.13. The summed E-state index contributed by atoms with van der Waals surface area (Å²) in [4.78, 5) is 21.8. The second-order valence-electron chi connectivity index (χ2n) is 3.02. The van der Waals surface area contributed by atoms with Crippen molar-refractivity contribution in [2.45, 2.75) is 6.04 Å². The number of carboxylic acids is 1. The van der Waals surface area contributed by atoms with Crippen molar-refractivity contribution >= 4 is 22.8 Å². The van der Waals surface area contributed by atoms with Crippen LogP contribution in [0.25, 0.3) is 0 Å². The van der Waals surface area contributed by atoms with Crippen molar-refractivity contribution in [3.8, 4) is 0 Å². The Morgan fingerprint density at radius 2 is 2.12 bits per heavy atom. The first kappa shape index (κ1) is 14.8. The summed E-state index contributed by atoms with van der Waals surface area (Å²) < 4.78 is 15.3. The molecule has 0 saturated carbocycles. The van der Waals surface area contributed by atoms with E-state index in [9.17, 15) is 13.8 Å². The summed E-state index contributed by atoms with van der Waals surface area (Å²) in [6, 6.07) is -1.70. The van der Waals surface area contributed by atoms with Gasteiger partial charge in [-0.3, -0.25) is 4.21 Å². The Balaban J connectivity index is 3.90. The van der Waals surface area contributed by atoms with Gasteiger partial charge in [0, 0.05) is 36.5 Å². The van der Waals surface area contributed by atoms with Crippen LogP contribution in [0.5, 0.6) is 0 Å². The number of carbonyl (C=O) groups excluding carboxylic acids is 1. The molecule has 0 spiro atoms. The van der Waals surface area contributed by atoms with Gasteiger partial charge in [-0.25, -0.2) is 9.59 Å². The van der Waals surface area contributed by atoms with Crippen molar-refractivity contribution in [2.24, 2.45) is 0 Å². The number of nitrogens with one attached hydrogen (secondary N) is 2. The number of methoxy groups -OCH3 is 1. The maximum absolute atomic E-state index is 11.2. The normalized spacial score (nSPS) is 13.9. The zero-order chi connectivity index (χ0) is 12.6. The van der Waals surface area contributed by atoms with Crippen LogP contribution >= 0.6 is 0 Å². The zero-order valence-electron chi connectivity index (χ0n) is 9.19. The van der Waals surface area contributed by atoms with E-state index in [4.69, 9.17) is 5.11 Å². The summed E-state index contributed by atoms with van der Waals surface area (Å²) in [5, 5.41) is 13.3. The minimum Gasteiger partial charge on any atom is -0.480 e. The SMILES string of the molecule is COCC(NC(=O)NCCS(C)=O)C(=O)O. The van der Waals surface area contributed by atoms with Crippen LogP contribution < -0.4 is 10.6 Å². The second kappa shape index (κ2) is 8.05. The van der Waals surface area contributed by atoms with Crippen molar-refractivity contribution in [1.82, 2.24) is 10.6 Å². The molecule has 0 aliphatic carbocycles. The molecule has 0 aromatic rings. The molecule has 0 fully saturated rings. The summed E-state index contributed by atoms with van der Waals surface area (Å²) in [6.07, 6.45) is 1.52. The van der Waals surface area contributed by atoms with Crippen molar-refractivity contribution in [1.29, 1.82) is 0 Å². The summed E-state index contributed by atoms with van der Waals surface area (Å²) in [5.74, 6) is -0.842.